The summed E-state index contributed by atoms with van der Waals surface area (Å²) in [7, 11) is 0. The highest BCUT2D eigenvalue weighted by Gasteiger charge is 2.20. The molecule has 1 aromatic rings. The first-order chi connectivity index (χ1) is 8.61. The highest BCUT2D eigenvalue weighted by atomic mass is 19.2. The Kier molecular flexibility index (Phi) is 4.77. The van der Waals surface area contributed by atoms with Crippen molar-refractivity contribution >= 4 is 0 Å². The van der Waals surface area contributed by atoms with Gasteiger partial charge in [-0.2, -0.15) is 0 Å². The Balaban J connectivity index is 2.86. The Hall–Kier alpha value is -1.32. The Bertz CT molecular complexity index is 458. The first kappa shape index (κ1) is 15.7. The average molecular weight is 274 g/mol. The van der Waals surface area contributed by atoms with E-state index in [9.17, 15) is 17.6 Å². The van der Waals surface area contributed by atoms with Gasteiger partial charge in [-0.25, -0.2) is 17.6 Å². The molecule has 0 N–H and O–H groups in total. The number of hydrogen-bond acceptors (Lipinski definition) is 0. The van der Waals surface area contributed by atoms with Crippen LogP contribution < -0.4 is 0 Å². The second kappa shape index (κ2) is 5.76. The zero-order valence-corrected chi connectivity index (χ0v) is 11.4. The topological polar surface area (TPSA) is 0 Å². The lowest BCUT2D eigenvalue weighted by Crippen LogP contribution is -2.07. The third-order valence-electron chi connectivity index (χ3n) is 2.86. The van der Waals surface area contributed by atoms with Crippen molar-refractivity contribution in [2.24, 2.45) is 5.41 Å². The van der Waals surface area contributed by atoms with Crippen LogP contribution in [-0.2, 0) is 6.42 Å². The van der Waals surface area contributed by atoms with Gasteiger partial charge in [0.1, 0.15) is 0 Å². The zero-order chi connectivity index (χ0) is 14.8. The number of hydrogen-bond donors (Lipinski definition) is 0. The van der Waals surface area contributed by atoms with E-state index in [2.05, 4.69) is 6.58 Å². The molecule has 0 aromatic heterocycles. The van der Waals surface area contributed by atoms with E-state index in [0.29, 0.717) is 12.0 Å². The van der Waals surface area contributed by atoms with Gasteiger partial charge in [0.2, 0.25) is 0 Å². The molecule has 0 aliphatic rings. The van der Waals surface area contributed by atoms with E-state index in [1.54, 1.807) is 0 Å². The molecule has 1 aromatic carbocycles. The third-order valence-corrected chi connectivity index (χ3v) is 2.86. The van der Waals surface area contributed by atoms with Crippen LogP contribution in [-0.4, -0.2) is 0 Å². The molecule has 0 saturated heterocycles. The van der Waals surface area contributed by atoms with Crippen LogP contribution in [0.2, 0.25) is 0 Å². The molecular formula is C15H18F4. The lowest BCUT2D eigenvalue weighted by Gasteiger charge is -2.18. The molecule has 0 spiro atoms. The molecule has 0 amide bonds. The monoisotopic (exact) mass is 274 g/mol. The van der Waals surface area contributed by atoms with E-state index in [4.69, 9.17) is 0 Å². The van der Waals surface area contributed by atoms with Gasteiger partial charge < -0.3 is 0 Å². The molecule has 0 unspecified atom stereocenters. The van der Waals surface area contributed by atoms with Gasteiger partial charge >= 0.3 is 0 Å². The molecule has 0 atom stereocenters. The fourth-order valence-electron chi connectivity index (χ4n) is 1.67. The van der Waals surface area contributed by atoms with Gasteiger partial charge in [-0.05, 0) is 24.7 Å². The van der Waals surface area contributed by atoms with Crippen LogP contribution in [0.15, 0.2) is 18.2 Å². The number of halogens is 4. The van der Waals surface area contributed by atoms with E-state index in [-0.39, 0.29) is 17.9 Å². The summed E-state index contributed by atoms with van der Waals surface area (Å²) >= 11 is 0. The molecule has 0 bridgehead atoms. The van der Waals surface area contributed by atoms with Crippen LogP contribution in [0.25, 0.3) is 0 Å². The number of benzene rings is 1. The fourth-order valence-corrected chi connectivity index (χ4v) is 1.67. The summed E-state index contributed by atoms with van der Waals surface area (Å²) in [6.07, 6.45) is 1.15. The maximum atomic E-state index is 13.5. The molecule has 106 valence electrons. The molecule has 1 rings (SSSR count). The van der Waals surface area contributed by atoms with Gasteiger partial charge in [-0.15, -0.1) is 0 Å². The predicted octanol–water partition coefficient (Wildman–Crippen LogP) is 5.17. The van der Waals surface area contributed by atoms with Crippen molar-refractivity contribution in [3.8, 4) is 0 Å². The summed E-state index contributed by atoms with van der Waals surface area (Å²) in [5.41, 5.74) is 0.0295. The summed E-state index contributed by atoms with van der Waals surface area (Å²) < 4.78 is 53.0. The molecular weight excluding hydrogens is 256 g/mol. The Morgan fingerprint density at radius 1 is 1.05 bits per heavy atom. The quantitative estimate of drug-likeness (QED) is 0.404. The van der Waals surface area contributed by atoms with Crippen molar-refractivity contribution in [3.63, 3.8) is 0 Å². The fraction of sp³-hybridized carbons (Fsp3) is 0.467. The van der Waals surface area contributed by atoms with Crippen LogP contribution in [0.4, 0.5) is 17.6 Å². The molecule has 0 nitrogen and oxygen atoms in total. The summed E-state index contributed by atoms with van der Waals surface area (Å²) in [6, 6.07) is 0.214. The van der Waals surface area contributed by atoms with Crippen molar-refractivity contribution in [1.82, 2.24) is 0 Å². The van der Waals surface area contributed by atoms with E-state index in [0.717, 1.165) is 6.42 Å². The lowest BCUT2D eigenvalue weighted by molar-refractivity contribution is 0.376. The largest absolute Gasteiger partial charge is 0.204 e. The van der Waals surface area contributed by atoms with Gasteiger partial charge in [0.05, 0.1) is 0 Å². The van der Waals surface area contributed by atoms with Crippen molar-refractivity contribution in [1.29, 1.82) is 0 Å². The SMILES string of the molecule is C=C(CCC(C)(C)C)Cc1c(F)c(F)cc(F)c1F. The van der Waals surface area contributed by atoms with Crippen LogP contribution in [0.5, 0.6) is 0 Å². The van der Waals surface area contributed by atoms with Gasteiger partial charge in [0, 0.05) is 11.6 Å². The summed E-state index contributed by atoms with van der Waals surface area (Å²) in [5.74, 6) is -5.43. The van der Waals surface area contributed by atoms with Gasteiger partial charge in [0.25, 0.3) is 0 Å². The molecule has 0 aliphatic heterocycles. The summed E-state index contributed by atoms with van der Waals surface area (Å²) in [6.45, 7) is 9.81. The molecule has 0 fully saturated rings. The molecule has 19 heavy (non-hydrogen) atoms. The maximum absolute atomic E-state index is 13.5. The van der Waals surface area contributed by atoms with E-state index in [1.165, 1.54) is 0 Å². The van der Waals surface area contributed by atoms with Crippen molar-refractivity contribution < 1.29 is 17.6 Å². The average Bonchev–Trinajstić information content (AvgIpc) is 2.29. The molecule has 0 heterocycles. The van der Waals surface area contributed by atoms with Crippen LogP contribution >= 0.6 is 0 Å². The minimum Gasteiger partial charge on any atom is -0.204 e. The van der Waals surface area contributed by atoms with Gasteiger partial charge in [-0.1, -0.05) is 32.9 Å². The van der Waals surface area contributed by atoms with E-state index >= 15 is 0 Å². The predicted molar refractivity (Wildman–Crippen MR) is 67.8 cm³/mol. The molecule has 0 radical (unpaired) electrons. The molecule has 4 heteroatoms. The maximum Gasteiger partial charge on any atom is 0.165 e. The van der Waals surface area contributed by atoms with Crippen LogP contribution in [0.1, 0.15) is 39.2 Å². The Morgan fingerprint density at radius 2 is 1.53 bits per heavy atom. The zero-order valence-electron chi connectivity index (χ0n) is 11.4. The number of allylic oxidation sites excluding steroid dienone is 1. The van der Waals surface area contributed by atoms with Gasteiger partial charge in [-0.3, -0.25) is 0 Å². The Labute approximate surface area is 111 Å². The molecule has 0 aliphatic carbocycles. The van der Waals surface area contributed by atoms with Crippen LogP contribution in [0.3, 0.4) is 0 Å². The first-order valence-electron chi connectivity index (χ1n) is 6.10. The second-order valence-corrected chi connectivity index (χ2v) is 5.93. The third kappa shape index (κ3) is 4.37. The van der Waals surface area contributed by atoms with Crippen molar-refractivity contribution in [2.45, 2.75) is 40.0 Å². The van der Waals surface area contributed by atoms with Crippen molar-refractivity contribution in [3.05, 3.63) is 47.1 Å². The van der Waals surface area contributed by atoms with E-state index < -0.39 is 28.8 Å². The highest BCUT2D eigenvalue weighted by Crippen LogP contribution is 2.26. The summed E-state index contributed by atoms with van der Waals surface area (Å²) in [4.78, 5) is 0. The minimum atomic E-state index is -1.38. The highest BCUT2D eigenvalue weighted by molar-refractivity contribution is 5.26. The smallest absolute Gasteiger partial charge is 0.165 e. The summed E-state index contributed by atoms with van der Waals surface area (Å²) in [5, 5.41) is 0. The first-order valence-corrected chi connectivity index (χ1v) is 6.10. The lowest BCUT2D eigenvalue weighted by atomic mass is 9.87. The normalized spacial score (nSPS) is 11.7. The minimum absolute atomic E-state index is 0.0627. The number of rotatable bonds is 4. The second-order valence-electron chi connectivity index (χ2n) is 5.93. The van der Waals surface area contributed by atoms with Gasteiger partial charge in [0.15, 0.2) is 23.3 Å². The molecule has 0 saturated carbocycles. The standard InChI is InChI=1S/C15H18F4/c1-9(5-6-15(2,3)4)7-10-13(18)11(16)8-12(17)14(10)19/h8H,1,5-7H2,2-4H3. The van der Waals surface area contributed by atoms with E-state index in [1.807, 2.05) is 20.8 Å². The van der Waals surface area contributed by atoms with Crippen molar-refractivity contribution in [2.75, 3.05) is 0 Å². The Morgan fingerprint density at radius 3 is 1.95 bits per heavy atom. The van der Waals surface area contributed by atoms with Crippen LogP contribution in [0, 0.1) is 28.7 Å².